The minimum atomic E-state index is -0.143. The third-order valence-electron chi connectivity index (χ3n) is 1.82. The van der Waals surface area contributed by atoms with Crippen LogP contribution in [0.4, 0.5) is 4.39 Å². The third-order valence-corrected chi connectivity index (χ3v) is 1.95. The highest BCUT2D eigenvalue weighted by atomic mass is 32.1. The number of rotatable bonds is 2. The molecule has 0 saturated carbocycles. The standard InChI is InChI=1S/C10H10FNS/c1-7-3-9(5-12-6-13)4-8(2)10(7)11/h3-4H,5H2,1-2H3. The maximum atomic E-state index is 13.2. The summed E-state index contributed by atoms with van der Waals surface area (Å²) >= 11 is 4.45. The lowest BCUT2D eigenvalue weighted by molar-refractivity contribution is 0.608. The first-order valence-corrected chi connectivity index (χ1v) is 4.35. The second-order valence-corrected chi connectivity index (χ2v) is 3.13. The Labute approximate surface area is 82.3 Å². The van der Waals surface area contributed by atoms with Crippen LogP contribution in [0.25, 0.3) is 0 Å². The van der Waals surface area contributed by atoms with Crippen molar-refractivity contribution in [2.75, 3.05) is 0 Å². The van der Waals surface area contributed by atoms with Crippen LogP contribution in [0.15, 0.2) is 17.1 Å². The second kappa shape index (κ2) is 4.26. The minimum absolute atomic E-state index is 0.143. The molecule has 0 aliphatic heterocycles. The van der Waals surface area contributed by atoms with Gasteiger partial charge in [0.1, 0.15) is 5.82 Å². The number of nitrogens with zero attached hydrogens (tertiary/aromatic N) is 1. The molecule has 0 N–H and O–H groups in total. The molecule has 0 atom stereocenters. The number of hydrogen-bond acceptors (Lipinski definition) is 2. The van der Waals surface area contributed by atoms with Crippen LogP contribution in [-0.4, -0.2) is 5.16 Å². The molecule has 0 aliphatic rings. The number of halogens is 1. The zero-order valence-corrected chi connectivity index (χ0v) is 8.41. The van der Waals surface area contributed by atoms with Crippen molar-refractivity contribution in [1.29, 1.82) is 0 Å². The molecule has 0 heterocycles. The van der Waals surface area contributed by atoms with Crippen LogP contribution in [-0.2, 0) is 6.54 Å². The summed E-state index contributed by atoms with van der Waals surface area (Å²) in [6.45, 7) is 3.96. The molecule has 1 aromatic rings. The third kappa shape index (κ3) is 2.44. The monoisotopic (exact) mass is 195 g/mol. The molecule has 68 valence electrons. The number of aliphatic imine (C=N–C) groups is 1. The van der Waals surface area contributed by atoms with Crippen LogP contribution >= 0.6 is 12.2 Å². The van der Waals surface area contributed by atoms with Crippen LogP contribution in [0.5, 0.6) is 0 Å². The fourth-order valence-corrected chi connectivity index (χ4v) is 1.31. The van der Waals surface area contributed by atoms with Crippen molar-refractivity contribution in [1.82, 2.24) is 0 Å². The van der Waals surface area contributed by atoms with E-state index >= 15 is 0 Å². The van der Waals surface area contributed by atoms with Gasteiger partial charge < -0.3 is 0 Å². The summed E-state index contributed by atoms with van der Waals surface area (Å²) in [6.07, 6.45) is 0. The zero-order chi connectivity index (χ0) is 9.84. The van der Waals surface area contributed by atoms with Gasteiger partial charge in [-0.15, -0.1) is 0 Å². The first kappa shape index (κ1) is 10.0. The van der Waals surface area contributed by atoms with Gasteiger partial charge in [0.05, 0.1) is 11.7 Å². The summed E-state index contributed by atoms with van der Waals surface area (Å²) in [5, 5.41) is 2.28. The molecule has 0 unspecified atom stereocenters. The van der Waals surface area contributed by atoms with E-state index in [1.165, 1.54) is 0 Å². The lowest BCUT2D eigenvalue weighted by Crippen LogP contribution is -1.91. The van der Waals surface area contributed by atoms with Crippen LogP contribution in [0.3, 0.4) is 0 Å². The molecular formula is C10H10FNS. The Morgan fingerprint density at radius 1 is 1.38 bits per heavy atom. The molecule has 0 saturated heterocycles. The molecule has 0 aliphatic carbocycles. The largest absolute Gasteiger partial charge is 0.228 e. The summed E-state index contributed by atoms with van der Waals surface area (Å²) < 4.78 is 13.2. The number of hydrogen-bond donors (Lipinski definition) is 0. The van der Waals surface area contributed by atoms with Crippen molar-refractivity contribution in [3.63, 3.8) is 0 Å². The van der Waals surface area contributed by atoms with E-state index in [2.05, 4.69) is 22.4 Å². The Bertz CT molecular complexity index is 344. The molecule has 3 heteroatoms. The summed E-state index contributed by atoms with van der Waals surface area (Å²) in [4.78, 5) is 3.80. The van der Waals surface area contributed by atoms with Crippen LogP contribution in [0.1, 0.15) is 16.7 Å². The molecular weight excluding hydrogens is 185 g/mol. The Morgan fingerprint density at radius 2 is 1.92 bits per heavy atom. The highest BCUT2D eigenvalue weighted by molar-refractivity contribution is 7.78. The second-order valence-electron chi connectivity index (χ2n) is 2.95. The van der Waals surface area contributed by atoms with E-state index in [1.807, 2.05) is 0 Å². The first-order valence-electron chi connectivity index (χ1n) is 3.94. The van der Waals surface area contributed by atoms with Gasteiger partial charge in [-0.25, -0.2) is 9.38 Å². The van der Waals surface area contributed by atoms with Gasteiger partial charge in [0.25, 0.3) is 0 Å². The van der Waals surface area contributed by atoms with E-state index in [0.29, 0.717) is 17.7 Å². The predicted molar refractivity (Wildman–Crippen MR) is 54.6 cm³/mol. The smallest absolute Gasteiger partial charge is 0.129 e. The van der Waals surface area contributed by atoms with Gasteiger partial charge in [0, 0.05) is 0 Å². The summed E-state index contributed by atoms with van der Waals surface area (Å²) in [5.74, 6) is -0.143. The van der Waals surface area contributed by atoms with Crippen LogP contribution in [0.2, 0.25) is 0 Å². The fourth-order valence-electron chi connectivity index (χ4n) is 1.25. The molecule has 0 radical (unpaired) electrons. The molecule has 1 nitrogen and oxygen atoms in total. The normalized spacial score (nSPS) is 9.46. The van der Waals surface area contributed by atoms with E-state index in [-0.39, 0.29) is 5.82 Å². The van der Waals surface area contributed by atoms with Crippen molar-refractivity contribution in [2.45, 2.75) is 20.4 Å². The number of benzene rings is 1. The van der Waals surface area contributed by atoms with E-state index in [9.17, 15) is 4.39 Å². The Kier molecular flexibility index (Phi) is 3.29. The first-order chi connectivity index (χ1) is 6.15. The summed E-state index contributed by atoms with van der Waals surface area (Å²) in [5.41, 5.74) is 2.26. The lowest BCUT2D eigenvalue weighted by atomic mass is 10.1. The quantitative estimate of drug-likeness (QED) is 0.522. The average molecular weight is 195 g/mol. The van der Waals surface area contributed by atoms with E-state index in [0.717, 1.165) is 5.56 Å². The van der Waals surface area contributed by atoms with Gasteiger partial charge in [-0.05, 0) is 42.8 Å². The van der Waals surface area contributed by atoms with Gasteiger partial charge >= 0.3 is 0 Å². The van der Waals surface area contributed by atoms with Crippen molar-refractivity contribution in [3.05, 3.63) is 34.6 Å². The minimum Gasteiger partial charge on any atom is -0.228 e. The van der Waals surface area contributed by atoms with Gasteiger partial charge in [-0.3, -0.25) is 0 Å². The van der Waals surface area contributed by atoms with Gasteiger partial charge in [0.2, 0.25) is 0 Å². The molecule has 1 rings (SSSR count). The van der Waals surface area contributed by atoms with Crippen LogP contribution in [0, 0.1) is 19.7 Å². The molecule has 0 amide bonds. The Balaban J connectivity index is 3.05. The summed E-state index contributed by atoms with van der Waals surface area (Å²) in [6, 6.07) is 3.55. The lowest BCUT2D eigenvalue weighted by Gasteiger charge is -2.03. The van der Waals surface area contributed by atoms with Crippen molar-refractivity contribution in [3.8, 4) is 0 Å². The maximum Gasteiger partial charge on any atom is 0.129 e. The van der Waals surface area contributed by atoms with E-state index in [4.69, 9.17) is 0 Å². The maximum absolute atomic E-state index is 13.2. The molecule has 13 heavy (non-hydrogen) atoms. The van der Waals surface area contributed by atoms with Crippen LogP contribution < -0.4 is 0 Å². The van der Waals surface area contributed by atoms with E-state index in [1.54, 1.807) is 26.0 Å². The molecule has 0 fully saturated rings. The zero-order valence-electron chi connectivity index (χ0n) is 7.60. The molecule has 0 bridgehead atoms. The van der Waals surface area contributed by atoms with Gasteiger partial charge in [-0.1, -0.05) is 12.1 Å². The topological polar surface area (TPSA) is 12.4 Å². The van der Waals surface area contributed by atoms with E-state index < -0.39 is 0 Å². The van der Waals surface area contributed by atoms with Crippen molar-refractivity contribution < 1.29 is 4.39 Å². The highest BCUT2D eigenvalue weighted by Crippen LogP contribution is 2.15. The molecule has 1 aromatic carbocycles. The predicted octanol–water partition coefficient (Wildman–Crippen LogP) is 3.05. The molecule has 0 aromatic heterocycles. The fraction of sp³-hybridized carbons (Fsp3) is 0.300. The van der Waals surface area contributed by atoms with Gasteiger partial charge in [-0.2, -0.15) is 0 Å². The number of isothiocyanates is 1. The highest BCUT2D eigenvalue weighted by Gasteiger charge is 2.02. The Morgan fingerprint density at radius 3 is 2.38 bits per heavy atom. The van der Waals surface area contributed by atoms with Crippen molar-refractivity contribution >= 4 is 17.4 Å². The Hall–Kier alpha value is -1.05. The van der Waals surface area contributed by atoms with Crippen molar-refractivity contribution in [2.24, 2.45) is 4.99 Å². The molecule has 0 spiro atoms. The van der Waals surface area contributed by atoms with Gasteiger partial charge in [0.15, 0.2) is 0 Å². The number of thiocarbonyl (C=S) groups is 1. The average Bonchev–Trinajstić information content (AvgIpc) is 2.10. The number of aryl methyl sites for hydroxylation is 2. The summed E-state index contributed by atoms with van der Waals surface area (Å²) in [7, 11) is 0. The SMILES string of the molecule is Cc1cc(CN=C=S)cc(C)c1F.